The highest BCUT2D eigenvalue weighted by atomic mass is 79.9. The summed E-state index contributed by atoms with van der Waals surface area (Å²) in [6.45, 7) is 1.29. The van der Waals surface area contributed by atoms with E-state index in [9.17, 15) is 4.79 Å². The van der Waals surface area contributed by atoms with E-state index in [-0.39, 0.29) is 5.75 Å². The number of hydrogen-bond donors (Lipinski definition) is 0. The van der Waals surface area contributed by atoms with Crippen molar-refractivity contribution in [2.45, 2.75) is 6.92 Å². The van der Waals surface area contributed by atoms with E-state index in [1.165, 1.54) is 6.92 Å². The third kappa shape index (κ3) is 2.30. The van der Waals surface area contributed by atoms with Gasteiger partial charge >= 0.3 is 5.97 Å². The second-order valence-electron chi connectivity index (χ2n) is 2.32. The molecular formula is C9H6BrNO2. The van der Waals surface area contributed by atoms with Crippen molar-refractivity contribution in [2.75, 3.05) is 0 Å². The number of ether oxygens (including phenoxy) is 1. The Balaban J connectivity index is 3.17. The molecule has 66 valence electrons. The van der Waals surface area contributed by atoms with E-state index in [4.69, 9.17) is 10.00 Å². The second-order valence-corrected chi connectivity index (χ2v) is 3.18. The van der Waals surface area contributed by atoms with E-state index in [0.29, 0.717) is 10.0 Å². The Hall–Kier alpha value is -1.34. The highest BCUT2D eigenvalue weighted by molar-refractivity contribution is 9.10. The van der Waals surface area contributed by atoms with Gasteiger partial charge in [-0.25, -0.2) is 0 Å². The van der Waals surface area contributed by atoms with Crippen molar-refractivity contribution < 1.29 is 9.53 Å². The first-order valence-electron chi connectivity index (χ1n) is 3.52. The fraction of sp³-hybridized carbons (Fsp3) is 0.111. The van der Waals surface area contributed by atoms with Crippen LogP contribution in [0, 0.1) is 11.3 Å². The molecule has 0 spiro atoms. The highest BCUT2D eigenvalue weighted by Crippen LogP contribution is 2.28. The number of benzene rings is 1. The van der Waals surface area contributed by atoms with Gasteiger partial charge in [-0.2, -0.15) is 5.26 Å². The van der Waals surface area contributed by atoms with Gasteiger partial charge in [0.15, 0.2) is 5.75 Å². The van der Waals surface area contributed by atoms with Crippen LogP contribution in [0.15, 0.2) is 22.7 Å². The molecule has 0 unspecified atom stereocenters. The maximum atomic E-state index is 10.7. The number of para-hydroxylation sites is 1. The van der Waals surface area contributed by atoms with Crippen molar-refractivity contribution in [1.82, 2.24) is 0 Å². The average Bonchev–Trinajstić information content (AvgIpc) is 2.08. The maximum absolute atomic E-state index is 10.7. The zero-order valence-corrected chi connectivity index (χ0v) is 8.46. The summed E-state index contributed by atoms with van der Waals surface area (Å²) in [7, 11) is 0. The van der Waals surface area contributed by atoms with E-state index in [1.807, 2.05) is 6.07 Å². The summed E-state index contributed by atoms with van der Waals surface area (Å²) in [5, 5.41) is 8.69. The molecular weight excluding hydrogens is 234 g/mol. The minimum atomic E-state index is -0.441. The van der Waals surface area contributed by atoms with Crippen LogP contribution in [0.5, 0.6) is 5.75 Å². The predicted octanol–water partition coefficient (Wildman–Crippen LogP) is 2.25. The minimum absolute atomic E-state index is 0.275. The third-order valence-electron chi connectivity index (χ3n) is 1.33. The Morgan fingerprint density at radius 2 is 2.31 bits per heavy atom. The monoisotopic (exact) mass is 239 g/mol. The molecule has 0 heterocycles. The Kier molecular flexibility index (Phi) is 3.04. The minimum Gasteiger partial charge on any atom is -0.424 e. The first-order valence-corrected chi connectivity index (χ1v) is 4.31. The summed E-state index contributed by atoms with van der Waals surface area (Å²) in [5.41, 5.74) is 0.338. The zero-order valence-electron chi connectivity index (χ0n) is 6.87. The van der Waals surface area contributed by atoms with E-state index in [0.717, 1.165) is 0 Å². The van der Waals surface area contributed by atoms with E-state index in [2.05, 4.69) is 15.9 Å². The van der Waals surface area contributed by atoms with Crippen LogP contribution in [0.3, 0.4) is 0 Å². The van der Waals surface area contributed by atoms with Crippen LogP contribution in [0.2, 0.25) is 0 Å². The van der Waals surface area contributed by atoms with E-state index >= 15 is 0 Å². The number of hydrogen-bond acceptors (Lipinski definition) is 3. The molecule has 4 heteroatoms. The molecule has 0 aromatic heterocycles. The van der Waals surface area contributed by atoms with Crippen LogP contribution >= 0.6 is 15.9 Å². The molecule has 13 heavy (non-hydrogen) atoms. The molecule has 1 aromatic rings. The summed E-state index contributed by atoms with van der Waals surface area (Å²) >= 11 is 3.19. The molecule has 0 aliphatic rings. The fourth-order valence-electron chi connectivity index (χ4n) is 0.844. The normalized spacial score (nSPS) is 9.00. The first-order chi connectivity index (χ1) is 6.15. The molecule has 0 amide bonds. The lowest BCUT2D eigenvalue weighted by atomic mass is 10.2. The standard InChI is InChI=1S/C9H6BrNO2/c1-6(12)13-9-7(5-11)3-2-4-8(9)10/h2-4H,1H3. The lowest BCUT2D eigenvalue weighted by Crippen LogP contribution is -2.03. The summed E-state index contributed by atoms with van der Waals surface area (Å²) < 4.78 is 5.46. The lowest BCUT2D eigenvalue weighted by Gasteiger charge is -2.04. The van der Waals surface area contributed by atoms with Crippen LogP contribution in [0.1, 0.15) is 12.5 Å². The van der Waals surface area contributed by atoms with Crippen molar-refractivity contribution in [2.24, 2.45) is 0 Å². The highest BCUT2D eigenvalue weighted by Gasteiger charge is 2.09. The molecule has 1 aromatic carbocycles. The van der Waals surface area contributed by atoms with Gasteiger partial charge in [0, 0.05) is 6.92 Å². The number of rotatable bonds is 1. The molecule has 0 radical (unpaired) electrons. The number of nitrogens with zero attached hydrogens (tertiary/aromatic N) is 1. The van der Waals surface area contributed by atoms with Gasteiger partial charge in [-0.1, -0.05) is 6.07 Å². The van der Waals surface area contributed by atoms with Gasteiger partial charge in [-0.3, -0.25) is 4.79 Å². The SMILES string of the molecule is CC(=O)Oc1c(Br)cccc1C#N. The van der Waals surface area contributed by atoms with Crippen LogP contribution in [-0.2, 0) is 4.79 Å². The topological polar surface area (TPSA) is 50.1 Å². The van der Waals surface area contributed by atoms with E-state index in [1.54, 1.807) is 18.2 Å². The molecule has 0 bridgehead atoms. The molecule has 0 saturated heterocycles. The van der Waals surface area contributed by atoms with Gasteiger partial charge < -0.3 is 4.74 Å². The largest absolute Gasteiger partial charge is 0.424 e. The molecule has 0 saturated carbocycles. The van der Waals surface area contributed by atoms with Crippen molar-refractivity contribution >= 4 is 21.9 Å². The molecule has 0 aliphatic carbocycles. The summed E-state index contributed by atoms with van der Waals surface area (Å²) in [6, 6.07) is 6.93. The quantitative estimate of drug-likeness (QED) is 0.558. The lowest BCUT2D eigenvalue weighted by molar-refractivity contribution is -0.131. The Labute approximate surface area is 84.1 Å². The molecule has 1 rings (SSSR count). The molecule has 3 nitrogen and oxygen atoms in total. The second kappa shape index (κ2) is 4.06. The number of carbonyl (C=O) groups is 1. The Morgan fingerprint density at radius 3 is 2.85 bits per heavy atom. The Morgan fingerprint density at radius 1 is 1.62 bits per heavy atom. The van der Waals surface area contributed by atoms with Gasteiger partial charge in [-0.15, -0.1) is 0 Å². The summed E-state index contributed by atoms with van der Waals surface area (Å²) in [4.78, 5) is 10.7. The summed E-state index contributed by atoms with van der Waals surface area (Å²) in [5.74, 6) is -0.166. The van der Waals surface area contributed by atoms with Gasteiger partial charge in [-0.05, 0) is 28.1 Å². The predicted molar refractivity (Wildman–Crippen MR) is 50.2 cm³/mol. The number of carbonyl (C=O) groups excluding carboxylic acids is 1. The molecule has 0 N–H and O–H groups in total. The number of halogens is 1. The van der Waals surface area contributed by atoms with Crippen LogP contribution in [-0.4, -0.2) is 5.97 Å². The van der Waals surface area contributed by atoms with Gasteiger partial charge in [0.25, 0.3) is 0 Å². The average molecular weight is 240 g/mol. The van der Waals surface area contributed by atoms with Gasteiger partial charge in [0.1, 0.15) is 6.07 Å². The van der Waals surface area contributed by atoms with Crippen molar-refractivity contribution in [3.05, 3.63) is 28.2 Å². The number of esters is 1. The van der Waals surface area contributed by atoms with Gasteiger partial charge in [0.05, 0.1) is 10.0 Å². The smallest absolute Gasteiger partial charge is 0.308 e. The van der Waals surface area contributed by atoms with Crippen molar-refractivity contribution in [3.63, 3.8) is 0 Å². The molecule has 0 atom stereocenters. The Bertz CT molecular complexity index is 382. The van der Waals surface area contributed by atoms with Crippen LogP contribution in [0.25, 0.3) is 0 Å². The number of nitriles is 1. The zero-order chi connectivity index (χ0) is 9.84. The fourth-order valence-corrected chi connectivity index (χ4v) is 1.29. The maximum Gasteiger partial charge on any atom is 0.308 e. The van der Waals surface area contributed by atoms with Crippen LogP contribution in [0.4, 0.5) is 0 Å². The van der Waals surface area contributed by atoms with Crippen molar-refractivity contribution in [1.29, 1.82) is 5.26 Å². The van der Waals surface area contributed by atoms with E-state index < -0.39 is 5.97 Å². The first kappa shape index (κ1) is 9.75. The van der Waals surface area contributed by atoms with Gasteiger partial charge in [0.2, 0.25) is 0 Å². The third-order valence-corrected chi connectivity index (χ3v) is 1.96. The van der Waals surface area contributed by atoms with Crippen LogP contribution < -0.4 is 4.74 Å². The molecule has 0 aliphatic heterocycles. The van der Waals surface area contributed by atoms with Crippen molar-refractivity contribution in [3.8, 4) is 11.8 Å². The summed E-state index contributed by atoms with van der Waals surface area (Å²) in [6.07, 6.45) is 0. The molecule has 0 fully saturated rings.